The number of rotatable bonds is 9. The van der Waals surface area contributed by atoms with Gasteiger partial charge in [0.05, 0.1) is 0 Å². The molecule has 34 heavy (non-hydrogen) atoms. The Morgan fingerprint density at radius 2 is 1.65 bits per heavy atom. The molecule has 178 valence electrons. The molecule has 0 aromatic heterocycles. The van der Waals surface area contributed by atoms with Gasteiger partial charge in [0.1, 0.15) is 18.6 Å². The highest BCUT2D eigenvalue weighted by molar-refractivity contribution is 5.94. The SMILES string of the molecule is O=C(CCCCNC(=O)OCC1c2ccccc2-c2ccccc21)NC1C(=O)NCC1C(=O)O. The second-order valence-corrected chi connectivity index (χ2v) is 8.44. The molecule has 1 heterocycles. The van der Waals surface area contributed by atoms with Crippen molar-refractivity contribution < 1.29 is 29.0 Å². The second kappa shape index (κ2) is 10.4. The van der Waals surface area contributed by atoms with Crippen LogP contribution in [-0.4, -0.2) is 54.7 Å². The summed E-state index contributed by atoms with van der Waals surface area (Å²) >= 11 is 0. The van der Waals surface area contributed by atoms with Gasteiger partial charge in [0.15, 0.2) is 0 Å². The zero-order chi connectivity index (χ0) is 24.1. The topological polar surface area (TPSA) is 134 Å². The first kappa shape index (κ1) is 23.3. The summed E-state index contributed by atoms with van der Waals surface area (Å²) in [5, 5.41) is 16.7. The maximum Gasteiger partial charge on any atom is 0.407 e. The lowest BCUT2D eigenvalue weighted by atomic mass is 9.98. The average molecular weight is 466 g/mol. The van der Waals surface area contributed by atoms with Gasteiger partial charge in [0, 0.05) is 25.4 Å². The summed E-state index contributed by atoms with van der Waals surface area (Å²) in [6.45, 7) is 0.575. The number of unbranched alkanes of at least 4 members (excludes halogenated alkanes) is 1. The molecule has 2 aromatic carbocycles. The molecule has 2 aromatic rings. The van der Waals surface area contributed by atoms with Crippen LogP contribution in [0.25, 0.3) is 11.1 Å². The number of hydrogen-bond donors (Lipinski definition) is 4. The average Bonchev–Trinajstić information content (AvgIpc) is 3.35. The lowest BCUT2D eigenvalue weighted by molar-refractivity contribution is -0.143. The summed E-state index contributed by atoms with van der Waals surface area (Å²) in [5.41, 5.74) is 4.61. The van der Waals surface area contributed by atoms with Gasteiger partial charge in [-0.05, 0) is 35.1 Å². The van der Waals surface area contributed by atoms with Crippen LogP contribution in [0.1, 0.15) is 36.3 Å². The van der Waals surface area contributed by atoms with Crippen molar-refractivity contribution in [2.45, 2.75) is 31.2 Å². The molecule has 4 N–H and O–H groups in total. The van der Waals surface area contributed by atoms with Gasteiger partial charge in [-0.25, -0.2) is 4.79 Å². The third-order valence-electron chi connectivity index (χ3n) is 6.26. The van der Waals surface area contributed by atoms with E-state index < -0.39 is 35.8 Å². The van der Waals surface area contributed by atoms with Gasteiger partial charge in [0.2, 0.25) is 11.8 Å². The fourth-order valence-corrected chi connectivity index (χ4v) is 4.51. The van der Waals surface area contributed by atoms with E-state index in [-0.39, 0.29) is 25.5 Å². The number of ether oxygens (including phenoxy) is 1. The normalized spacial score (nSPS) is 18.5. The van der Waals surface area contributed by atoms with E-state index in [0.29, 0.717) is 19.4 Å². The predicted octanol–water partition coefficient (Wildman–Crippen LogP) is 2.01. The van der Waals surface area contributed by atoms with Crippen molar-refractivity contribution in [3.63, 3.8) is 0 Å². The number of benzene rings is 2. The Labute approximate surface area is 196 Å². The summed E-state index contributed by atoms with van der Waals surface area (Å²) in [6.07, 6.45) is 0.624. The van der Waals surface area contributed by atoms with Gasteiger partial charge >= 0.3 is 12.1 Å². The van der Waals surface area contributed by atoms with E-state index in [4.69, 9.17) is 9.84 Å². The molecular formula is C25H27N3O6. The minimum atomic E-state index is -1.13. The van der Waals surface area contributed by atoms with Crippen LogP contribution in [0.4, 0.5) is 4.79 Å². The molecule has 1 aliphatic heterocycles. The number of carboxylic acid groups (broad SMARTS) is 1. The summed E-state index contributed by atoms with van der Waals surface area (Å²) in [7, 11) is 0. The first-order chi connectivity index (χ1) is 16.5. The van der Waals surface area contributed by atoms with Gasteiger partial charge in [-0.2, -0.15) is 0 Å². The Hall–Kier alpha value is -3.88. The summed E-state index contributed by atoms with van der Waals surface area (Å²) in [5.74, 6) is -2.99. The Bertz CT molecular complexity index is 1060. The number of alkyl carbamates (subject to hydrolysis) is 1. The highest BCUT2D eigenvalue weighted by Gasteiger charge is 2.40. The summed E-state index contributed by atoms with van der Waals surface area (Å²) in [4.78, 5) is 47.1. The van der Waals surface area contributed by atoms with Crippen LogP contribution in [0.2, 0.25) is 0 Å². The van der Waals surface area contributed by atoms with Crippen LogP contribution < -0.4 is 16.0 Å². The number of nitrogens with one attached hydrogen (secondary N) is 3. The first-order valence-electron chi connectivity index (χ1n) is 11.3. The molecule has 9 nitrogen and oxygen atoms in total. The maximum atomic E-state index is 12.2. The smallest absolute Gasteiger partial charge is 0.407 e. The van der Waals surface area contributed by atoms with Crippen molar-refractivity contribution in [1.29, 1.82) is 0 Å². The molecule has 1 fully saturated rings. The predicted molar refractivity (Wildman–Crippen MR) is 123 cm³/mol. The van der Waals surface area contributed by atoms with Crippen molar-refractivity contribution in [1.82, 2.24) is 16.0 Å². The largest absolute Gasteiger partial charge is 0.481 e. The monoisotopic (exact) mass is 465 g/mol. The lowest BCUT2D eigenvalue weighted by Crippen LogP contribution is -2.45. The van der Waals surface area contributed by atoms with E-state index in [9.17, 15) is 19.2 Å². The molecule has 2 unspecified atom stereocenters. The third kappa shape index (κ3) is 5.03. The molecule has 0 bridgehead atoms. The molecular weight excluding hydrogens is 438 g/mol. The van der Waals surface area contributed by atoms with Crippen LogP contribution in [0.3, 0.4) is 0 Å². The van der Waals surface area contributed by atoms with E-state index in [1.165, 1.54) is 0 Å². The Morgan fingerprint density at radius 1 is 1.00 bits per heavy atom. The molecule has 2 aliphatic rings. The highest BCUT2D eigenvalue weighted by Crippen LogP contribution is 2.44. The molecule has 0 radical (unpaired) electrons. The zero-order valence-electron chi connectivity index (χ0n) is 18.6. The van der Waals surface area contributed by atoms with Crippen molar-refractivity contribution in [2.24, 2.45) is 5.92 Å². The Kier molecular flexibility index (Phi) is 7.10. The van der Waals surface area contributed by atoms with Crippen molar-refractivity contribution in [3.8, 4) is 11.1 Å². The molecule has 0 saturated carbocycles. The fourth-order valence-electron chi connectivity index (χ4n) is 4.51. The van der Waals surface area contributed by atoms with E-state index >= 15 is 0 Å². The molecule has 1 aliphatic carbocycles. The fraction of sp³-hybridized carbons (Fsp3) is 0.360. The van der Waals surface area contributed by atoms with Gasteiger partial charge in [-0.15, -0.1) is 0 Å². The summed E-state index contributed by atoms with van der Waals surface area (Å²) in [6, 6.07) is 15.2. The number of aliphatic carboxylic acids is 1. The minimum absolute atomic E-state index is 0.00315. The third-order valence-corrected chi connectivity index (χ3v) is 6.26. The first-order valence-corrected chi connectivity index (χ1v) is 11.3. The zero-order valence-corrected chi connectivity index (χ0v) is 18.6. The maximum absolute atomic E-state index is 12.2. The lowest BCUT2D eigenvalue weighted by Gasteiger charge is -2.15. The molecule has 3 amide bonds. The minimum Gasteiger partial charge on any atom is -0.481 e. The Morgan fingerprint density at radius 3 is 2.29 bits per heavy atom. The van der Waals surface area contributed by atoms with Gasteiger partial charge < -0.3 is 25.8 Å². The van der Waals surface area contributed by atoms with E-state index in [0.717, 1.165) is 22.3 Å². The van der Waals surface area contributed by atoms with Gasteiger partial charge in [-0.1, -0.05) is 48.5 Å². The van der Waals surface area contributed by atoms with Gasteiger partial charge in [-0.3, -0.25) is 14.4 Å². The molecule has 4 rings (SSSR count). The van der Waals surface area contributed by atoms with Crippen molar-refractivity contribution in [3.05, 3.63) is 59.7 Å². The number of amides is 3. The van der Waals surface area contributed by atoms with Gasteiger partial charge in [0.25, 0.3) is 0 Å². The van der Waals surface area contributed by atoms with Crippen molar-refractivity contribution >= 4 is 23.9 Å². The number of carboxylic acids is 1. The highest BCUT2D eigenvalue weighted by atomic mass is 16.5. The number of carbonyl (C=O) groups is 4. The number of fused-ring (bicyclic) bond motifs is 3. The molecule has 1 saturated heterocycles. The van der Waals surface area contributed by atoms with Crippen LogP contribution >= 0.6 is 0 Å². The number of carbonyl (C=O) groups excluding carboxylic acids is 3. The quantitative estimate of drug-likeness (QED) is 0.419. The Balaban J connectivity index is 1.16. The van der Waals surface area contributed by atoms with E-state index in [1.807, 2.05) is 24.3 Å². The van der Waals surface area contributed by atoms with Crippen LogP contribution in [0.5, 0.6) is 0 Å². The van der Waals surface area contributed by atoms with E-state index in [2.05, 4.69) is 40.2 Å². The molecule has 2 atom stereocenters. The molecule has 0 spiro atoms. The van der Waals surface area contributed by atoms with Crippen molar-refractivity contribution in [2.75, 3.05) is 19.7 Å². The molecule has 9 heteroatoms. The standard InChI is InChI=1S/C25H27N3O6/c29-21(28-22-19(24(31)32)13-27-23(22)30)11-5-6-12-26-25(33)34-14-20-17-9-3-1-7-15(17)16-8-2-4-10-18(16)20/h1-4,7-10,19-20,22H,5-6,11-14H2,(H,26,33)(H,27,30)(H,28,29)(H,31,32). The van der Waals surface area contributed by atoms with Crippen LogP contribution in [-0.2, 0) is 19.1 Å². The van der Waals surface area contributed by atoms with Crippen LogP contribution in [0.15, 0.2) is 48.5 Å². The summed E-state index contributed by atoms with van der Waals surface area (Å²) < 4.78 is 5.47. The second-order valence-electron chi connectivity index (χ2n) is 8.44. The number of hydrogen-bond acceptors (Lipinski definition) is 5. The van der Waals surface area contributed by atoms with E-state index in [1.54, 1.807) is 0 Å². The van der Waals surface area contributed by atoms with Crippen LogP contribution in [0, 0.1) is 5.92 Å².